The van der Waals surface area contributed by atoms with Crippen molar-refractivity contribution in [3.63, 3.8) is 0 Å². The molecular formula is C74H72Cl2Zr2-2. The molecule has 0 nitrogen and oxygen atoms in total. The summed E-state index contributed by atoms with van der Waals surface area (Å²) in [6.45, 7) is 13.1. The van der Waals surface area contributed by atoms with E-state index in [-0.39, 0.29) is 24.8 Å². The van der Waals surface area contributed by atoms with Crippen LogP contribution in [0.15, 0.2) is 242 Å². The normalized spacial score (nSPS) is 11.7. The number of allylic oxidation sites excluding steroid dienone is 8. The Hall–Kier alpha value is -5.45. The number of fused-ring (bicyclic) bond motifs is 6. The van der Waals surface area contributed by atoms with Gasteiger partial charge in [0.05, 0.1) is 0 Å². The van der Waals surface area contributed by atoms with E-state index < -0.39 is 0 Å². The molecule has 0 aromatic heterocycles. The minimum absolute atomic E-state index is 0. The van der Waals surface area contributed by atoms with Gasteiger partial charge in [0, 0.05) is 0 Å². The molecule has 0 heterocycles. The molecule has 10 aromatic carbocycles. The number of hydrogen-bond acceptors (Lipinski definition) is 0. The summed E-state index contributed by atoms with van der Waals surface area (Å²) in [5.74, 6) is 0. The van der Waals surface area contributed by atoms with Crippen LogP contribution in [0.5, 0.6) is 0 Å². The molecule has 0 bridgehead atoms. The van der Waals surface area contributed by atoms with Gasteiger partial charge in [-0.2, -0.15) is 12.2 Å². The summed E-state index contributed by atoms with van der Waals surface area (Å²) in [4.78, 5) is 0. The summed E-state index contributed by atoms with van der Waals surface area (Å²) in [5, 5.41) is 11.1. The molecule has 0 fully saturated rings. The van der Waals surface area contributed by atoms with E-state index in [1.54, 1.807) is 0 Å². The second-order valence-corrected chi connectivity index (χ2v) is 21.4. The van der Waals surface area contributed by atoms with Gasteiger partial charge in [0.1, 0.15) is 0 Å². The zero-order chi connectivity index (χ0) is 53.5. The first-order chi connectivity index (χ1) is 37.2. The van der Waals surface area contributed by atoms with Crippen LogP contribution < -0.4 is 24.8 Å². The molecule has 0 atom stereocenters. The van der Waals surface area contributed by atoms with Gasteiger partial charge in [0.15, 0.2) is 0 Å². The maximum absolute atomic E-state index is 3.21. The van der Waals surface area contributed by atoms with E-state index >= 15 is 0 Å². The van der Waals surface area contributed by atoms with Gasteiger partial charge in [-0.15, -0.1) is 92.3 Å². The molecule has 0 aliphatic heterocycles. The standard InChI is InChI=1S/2C17H17.2C13H10.2C7H9.2ClH.2Zr/c2*1-3-12-5-7-16-14(9-12)11-15-10-13(4-2)6-8-17(15)16;2*1-3-7-12(8-4-1)11-13-9-5-2-6-10-13;2*1-2-7-5-3-4-6-7;;;;/h2*5-11H,3-4H2,1-2H3;2*1-10H;2*3,5H,2,4H2,1H3;2*1H;;/q2*-1;;;2*-1;;;2*+2/p-2. The molecule has 0 saturated carbocycles. The SMILES string of the molecule is CCC1=[C-]CC=C1.CCC1=[C-]CC=C1.CCc1ccc2c(c1)[cH-]c1cc(CC)ccc12.CCc1ccc2c(c1)[cH-]c1cc(CC)ccc12.[Cl-].[Cl-].[Zr+2]=[C](c1ccccc1)c1ccccc1.[Zr+2]=[C](c1ccccc1)c1ccccc1. The van der Waals surface area contributed by atoms with Gasteiger partial charge in [0.25, 0.3) is 0 Å². The van der Waals surface area contributed by atoms with Crippen LogP contribution in [0.3, 0.4) is 0 Å². The van der Waals surface area contributed by atoms with E-state index in [9.17, 15) is 0 Å². The van der Waals surface area contributed by atoms with Crippen LogP contribution in [0.25, 0.3) is 43.1 Å². The van der Waals surface area contributed by atoms with E-state index in [0.29, 0.717) is 0 Å². The first-order valence-electron chi connectivity index (χ1n) is 27.4. The summed E-state index contributed by atoms with van der Waals surface area (Å²) in [5.41, 5.74) is 13.7. The third kappa shape index (κ3) is 18.3. The fourth-order valence-corrected chi connectivity index (χ4v) is 10.9. The predicted molar refractivity (Wildman–Crippen MR) is 325 cm³/mol. The zero-order valence-electron chi connectivity index (χ0n) is 46.4. The fourth-order valence-electron chi connectivity index (χ4n) is 9.26. The zero-order valence-corrected chi connectivity index (χ0v) is 52.8. The van der Waals surface area contributed by atoms with Gasteiger partial charge >= 0.3 is 198 Å². The summed E-state index contributed by atoms with van der Waals surface area (Å²) in [6.07, 6.45) is 23.7. The van der Waals surface area contributed by atoms with Crippen LogP contribution in [0.2, 0.25) is 0 Å². The van der Waals surface area contributed by atoms with Crippen LogP contribution in [-0.2, 0) is 74.2 Å². The topological polar surface area (TPSA) is 0 Å². The van der Waals surface area contributed by atoms with Gasteiger partial charge in [-0.3, -0.25) is 12.2 Å². The van der Waals surface area contributed by atoms with Crippen LogP contribution in [0.4, 0.5) is 0 Å². The van der Waals surface area contributed by atoms with Gasteiger partial charge in [-0.25, -0.2) is 23.3 Å². The Labute approximate surface area is 509 Å². The van der Waals surface area contributed by atoms with Crippen molar-refractivity contribution in [3.8, 4) is 0 Å². The third-order valence-corrected chi connectivity index (χ3v) is 16.7. The van der Waals surface area contributed by atoms with E-state index in [2.05, 4.69) is 284 Å². The van der Waals surface area contributed by atoms with E-state index in [4.69, 9.17) is 0 Å². The molecule has 0 radical (unpaired) electrons. The molecule has 78 heavy (non-hydrogen) atoms. The van der Waals surface area contributed by atoms with Crippen molar-refractivity contribution >= 4 is 49.5 Å². The van der Waals surface area contributed by atoms with Crippen molar-refractivity contribution < 1.29 is 73.3 Å². The summed E-state index contributed by atoms with van der Waals surface area (Å²) in [7, 11) is 0. The fraction of sp³-hybridized carbons (Fsp3) is 0.189. The van der Waals surface area contributed by atoms with Gasteiger partial charge in [-0.1, -0.05) is 125 Å². The van der Waals surface area contributed by atoms with E-state index in [0.717, 1.165) is 51.4 Å². The molecule has 0 amide bonds. The van der Waals surface area contributed by atoms with Crippen LogP contribution in [0, 0.1) is 12.2 Å². The van der Waals surface area contributed by atoms with Crippen molar-refractivity contribution in [1.82, 2.24) is 0 Å². The van der Waals surface area contributed by atoms with Crippen molar-refractivity contribution in [1.29, 1.82) is 0 Å². The monoisotopic (exact) mass is 1210 g/mol. The van der Waals surface area contributed by atoms with E-state index in [1.807, 2.05) is 0 Å². The average molecular weight is 1210 g/mol. The van der Waals surface area contributed by atoms with Crippen molar-refractivity contribution in [2.45, 2.75) is 92.9 Å². The number of halogens is 2. The summed E-state index contributed by atoms with van der Waals surface area (Å²) < 4.78 is 2.83. The van der Waals surface area contributed by atoms with Crippen molar-refractivity contribution in [2.24, 2.45) is 0 Å². The first kappa shape index (κ1) is 63.4. The average Bonchev–Trinajstić information content (AvgIpc) is 4.41. The summed E-state index contributed by atoms with van der Waals surface area (Å²) in [6, 6.07) is 74.2. The Kier molecular flexibility index (Phi) is 27.5. The molecule has 4 heteroatoms. The second-order valence-electron chi connectivity index (χ2n) is 18.9. The molecule has 10 aromatic rings. The molecule has 0 unspecified atom stereocenters. The van der Waals surface area contributed by atoms with E-state index in [1.165, 1.54) is 154 Å². The number of aryl methyl sites for hydroxylation is 4. The molecule has 12 rings (SSSR count). The molecule has 2 aliphatic rings. The maximum atomic E-state index is 3.21. The molecule has 0 spiro atoms. The van der Waals surface area contributed by atoms with Crippen LogP contribution in [-0.4, -0.2) is 6.41 Å². The number of benzene rings is 8. The first-order valence-corrected chi connectivity index (χ1v) is 29.8. The van der Waals surface area contributed by atoms with Crippen molar-refractivity contribution in [2.75, 3.05) is 0 Å². The third-order valence-electron chi connectivity index (χ3n) is 13.8. The molecule has 392 valence electrons. The van der Waals surface area contributed by atoms with Gasteiger partial charge < -0.3 is 24.8 Å². The number of rotatable bonds is 10. The number of hydrogen-bond donors (Lipinski definition) is 0. The molecular weight excluding hydrogens is 1140 g/mol. The predicted octanol–water partition coefficient (Wildman–Crippen LogP) is 13.5. The Morgan fingerprint density at radius 1 is 0.346 bits per heavy atom. The molecule has 0 saturated heterocycles. The Bertz CT molecular complexity index is 3120. The Morgan fingerprint density at radius 2 is 0.590 bits per heavy atom. The van der Waals surface area contributed by atoms with Gasteiger partial charge in [-0.05, 0) is 25.7 Å². The summed E-state index contributed by atoms with van der Waals surface area (Å²) >= 11 is 2.92. The quantitative estimate of drug-likeness (QED) is 0.120. The van der Waals surface area contributed by atoms with Crippen LogP contribution in [0.1, 0.15) is 112 Å². The molecule has 2 aliphatic carbocycles. The molecule has 0 N–H and O–H groups in total. The van der Waals surface area contributed by atoms with Crippen LogP contribution >= 0.6 is 0 Å². The van der Waals surface area contributed by atoms with Crippen molar-refractivity contribution in [3.05, 3.63) is 298 Å². The Balaban J connectivity index is 0.000000176. The van der Waals surface area contributed by atoms with Gasteiger partial charge in [0.2, 0.25) is 0 Å². The minimum atomic E-state index is 0. The second kappa shape index (κ2) is 33.9. The Morgan fingerprint density at radius 3 is 0.769 bits per heavy atom.